The predicted molar refractivity (Wildman–Crippen MR) is 66.9 cm³/mol. The summed E-state index contributed by atoms with van der Waals surface area (Å²) >= 11 is 0. The van der Waals surface area contributed by atoms with Crippen LogP contribution in [0.3, 0.4) is 0 Å². The van der Waals surface area contributed by atoms with Crippen molar-refractivity contribution in [2.24, 2.45) is 0 Å². The normalized spacial score (nSPS) is 10.1. The Labute approximate surface area is 121 Å². The van der Waals surface area contributed by atoms with Crippen LogP contribution in [0.5, 0.6) is 0 Å². The van der Waals surface area contributed by atoms with Gasteiger partial charge in [0.1, 0.15) is 0 Å². The molecule has 1 N–H and O–H groups in total. The van der Waals surface area contributed by atoms with Crippen molar-refractivity contribution >= 4 is 5.78 Å². The van der Waals surface area contributed by atoms with Gasteiger partial charge in [-0.05, 0) is 13.8 Å². The van der Waals surface area contributed by atoms with Crippen molar-refractivity contribution in [3.8, 4) is 0 Å². The van der Waals surface area contributed by atoms with Crippen LogP contribution < -0.4 is 28.9 Å². The first kappa shape index (κ1) is 16.6. The van der Waals surface area contributed by atoms with Crippen molar-refractivity contribution < 1.29 is 33.7 Å². The molecule has 3 heteroatoms. The minimum atomic E-state index is 0. The van der Waals surface area contributed by atoms with Crippen LogP contribution in [0, 0.1) is 0 Å². The summed E-state index contributed by atoms with van der Waals surface area (Å²) in [6, 6.07) is 9.57. The van der Waals surface area contributed by atoms with Crippen LogP contribution in [0.15, 0.2) is 30.3 Å². The molecule has 0 fully saturated rings. The molecule has 0 amide bonds. The highest BCUT2D eigenvalue weighted by atomic mass is 127. The van der Waals surface area contributed by atoms with E-state index in [1.807, 2.05) is 30.3 Å². The number of hydrogen-bond donors (Lipinski definition) is 1. The molecule has 0 aromatic heterocycles. The third-order valence-corrected chi connectivity index (χ3v) is 3.03. The summed E-state index contributed by atoms with van der Waals surface area (Å²) in [6.45, 7) is 7.79. The zero-order chi connectivity index (χ0) is 11.8. The molecule has 2 nitrogen and oxygen atoms in total. The van der Waals surface area contributed by atoms with Crippen molar-refractivity contribution in [3.05, 3.63) is 35.9 Å². The Morgan fingerprint density at radius 2 is 1.71 bits per heavy atom. The van der Waals surface area contributed by atoms with Gasteiger partial charge in [0.15, 0.2) is 5.78 Å². The number of Topliss-reactive ketones (excluding diaryl/α,β-unsaturated/α-hetero) is 1. The fourth-order valence-corrected chi connectivity index (χ4v) is 1.87. The average Bonchev–Trinajstić information content (AvgIpc) is 2.35. The van der Waals surface area contributed by atoms with Crippen LogP contribution in [0.1, 0.15) is 37.0 Å². The largest absolute Gasteiger partial charge is 1.00 e. The number of nitrogens with one attached hydrogen (secondary N) is 1. The molecule has 0 aliphatic carbocycles. The lowest BCUT2D eigenvalue weighted by Gasteiger charge is -2.14. The summed E-state index contributed by atoms with van der Waals surface area (Å²) in [4.78, 5) is 13.4. The predicted octanol–water partition coefficient (Wildman–Crippen LogP) is -1.42. The van der Waals surface area contributed by atoms with E-state index in [0.29, 0.717) is 6.42 Å². The number of ketones is 1. The zero-order valence-corrected chi connectivity index (χ0v) is 12.9. The minimum Gasteiger partial charge on any atom is -1.00 e. The lowest BCUT2D eigenvalue weighted by Crippen LogP contribution is -3.11. The molecule has 17 heavy (non-hydrogen) atoms. The second kappa shape index (κ2) is 9.59. The fraction of sp³-hybridized carbons (Fsp3) is 0.500. The molecule has 1 aromatic rings. The maximum Gasteiger partial charge on any atom is 0.163 e. The number of carbonyl (C=O) groups excluding carboxylic acids is 1. The highest BCUT2D eigenvalue weighted by Gasteiger charge is 2.07. The molecule has 96 valence electrons. The molecule has 0 aliphatic rings. The third kappa shape index (κ3) is 6.17. The first-order chi connectivity index (χ1) is 7.77. The summed E-state index contributed by atoms with van der Waals surface area (Å²) in [6.07, 6.45) is 1.66. The minimum absolute atomic E-state index is 0. The van der Waals surface area contributed by atoms with Gasteiger partial charge in [-0.25, -0.2) is 0 Å². The Bertz CT molecular complexity index is 309. The molecule has 0 unspecified atom stereocenters. The topological polar surface area (TPSA) is 21.5 Å². The molecular weight excluding hydrogens is 325 g/mol. The summed E-state index contributed by atoms with van der Waals surface area (Å²) in [5.41, 5.74) is 0.844. The van der Waals surface area contributed by atoms with Gasteiger partial charge >= 0.3 is 0 Å². The van der Waals surface area contributed by atoms with Crippen molar-refractivity contribution in [2.75, 3.05) is 19.6 Å². The molecule has 0 bridgehead atoms. The van der Waals surface area contributed by atoms with Gasteiger partial charge in [0.05, 0.1) is 19.6 Å². The summed E-state index contributed by atoms with van der Waals surface area (Å²) in [7, 11) is 0. The lowest BCUT2D eigenvalue weighted by atomic mass is 10.1. The molecule has 0 spiro atoms. The SMILES string of the molecule is CC[NH+](CC)CCCC(=O)c1ccccc1.[I-]. The summed E-state index contributed by atoms with van der Waals surface area (Å²) < 4.78 is 0. The fourth-order valence-electron chi connectivity index (χ4n) is 1.87. The van der Waals surface area contributed by atoms with E-state index >= 15 is 0 Å². The Morgan fingerprint density at radius 1 is 1.12 bits per heavy atom. The summed E-state index contributed by atoms with van der Waals surface area (Å²) in [5.74, 6) is 0.271. The van der Waals surface area contributed by atoms with Crippen LogP contribution in [0.2, 0.25) is 0 Å². The molecular formula is C14H22INO. The maximum absolute atomic E-state index is 11.8. The van der Waals surface area contributed by atoms with Crippen molar-refractivity contribution in [1.82, 2.24) is 0 Å². The standard InChI is InChI=1S/C14H21NO.HI/c1-3-15(4-2)12-8-11-14(16)13-9-6-5-7-10-13;/h5-7,9-10H,3-4,8,11-12H2,1-2H3;1H. The number of quaternary nitrogens is 1. The molecule has 0 radical (unpaired) electrons. The van der Waals surface area contributed by atoms with E-state index in [4.69, 9.17) is 0 Å². The smallest absolute Gasteiger partial charge is 0.163 e. The van der Waals surface area contributed by atoms with Gasteiger partial charge in [-0.2, -0.15) is 0 Å². The quantitative estimate of drug-likeness (QED) is 0.475. The van der Waals surface area contributed by atoms with Crippen LogP contribution in [0.4, 0.5) is 0 Å². The van der Waals surface area contributed by atoms with Gasteiger partial charge in [-0.15, -0.1) is 0 Å². The van der Waals surface area contributed by atoms with E-state index in [1.165, 1.54) is 0 Å². The van der Waals surface area contributed by atoms with Crippen LogP contribution in [0.25, 0.3) is 0 Å². The maximum atomic E-state index is 11.8. The van der Waals surface area contributed by atoms with E-state index < -0.39 is 0 Å². The average molecular weight is 347 g/mol. The number of carbonyl (C=O) groups is 1. The second-order valence-corrected chi connectivity index (χ2v) is 4.10. The molecule has 1 rings (SSSR count). The first-order valence-corrected chi connectivity index (χ1v) is 6.19. The van der Waals surface area contributed by atoms with E-state index in [0.717, 1.165) is 31.6 Å². The Kier molecular flexibility index (Phi) is 9.36. The number of hydrogen-bond acceptors (Lipinski definition) is 1. The van der Waals surface area contributed by atoms with E-state index in [2.05, 4.69) is 13.8 Å². The molecule has 0 saturated heterocycles. The molecule has 0 aliphatic heterocycles. The first-order valence-electron chi connectivity index (χ1n) is 6.19. The van der Waals surface area contributed by atoms with Crippen molar-refractivity contribution in [3.63, 3.8) is 0 Å². The van der Waals surface area contributed by atoms with Gasteiger partial charge in [0.2, 0.25) is 0 Å². The van der Waals surface area contributed by atoms with Crippen LogP contribution in [-0.4, -0.2) is 25.4 Å². The van der Waals surface area contributed by atoms with Crippen molar-refractivity contribution in [1.29, 1.82) is 0 Å². The van der Waals surface area contributed by atoms with E-state index in [1.54, 1.807) is 4.90 Å². The monoisotopic (exact) mass is 347 g/mol. The van der Waals surface area contributed by atoms with E-state index in [-0.39, 0.29) is 29.8 Å². The number of benzene rings is 1. The highest BCUT2D eigenvalue weighted by molar-refractivity contribution is 5.95. The third-order valence-electron chi connectivity index (χ3n) is 3.03. The van der Waals surface area contributed by atoms with Gasteiger partial charge < -0.3 is 28.9 Å². The van der Waals surface area contributed by atoms with Crippen LogP contribution in [-0.2, 0) is 0 Å². The molecule has 0 atom stereocenters. The molecule has 1 aromatic carbocycles. The zero-order valence-electron chi connectivity index (χ0n) is 10.7. The molecule has 0 saturated carbocycles. The van der Waals surface area contributed by atoms with Gasteiger partial charge in [0.25, 0.3) is 0 Å². The van der Waals surface area contributed by atoms with Gasteiger partial charge in [-0.1, -0.05) is 30.3 Å². The van der Waals surface area contributed by atoms with Crippen molar-refractivity contribution in [2.45, 2.75) is 26.7 Å². The van der Waals surface area contributed by atoms with Gasteiger partial charge in [-0.3, -0.25) is 4.79 Å². The second-order valence-electron chi connectivity index (χ2n) is 4.10. The molecule has 0 heterocycles. The van der Waals surface area contributed by atoms with Gasteiger partial charge in [0, 0.05) is 18.4 Å². The Morgan fingerprint density at radius 3 is 2.24 bits per heavy atom. The number of halogens is 1. The van der Waals surface area contributed by atoms with Crippen LogP contribution >= 0.6 is 0 Å². The Hall–Kier alpha value is -0.420. The Balaban J connectivity index is 0.00000256. The highest BCUT2D eigenvalue weighted by Crippen LogP contribution is 2.03. The number of rotatable bonds is 7. The lowest BCUT2D eigenvalue weighted by molar-refractivity contribution is -0.896. The van der Waals surface area contributed by atoms with E-state index in [9.17, 15) is 4.79 Å². The summed E-state index contributed by atoms with van der Waals surface area (Å²) in [5, 5.41) is 0.